The van der Waals surface area contributed by atoms with Gasteiger partial charge in [0.25, 0.3) is 0 Å². The summed E-state index contributed by atoms with van der Waals surface area (Å²) >= 11 is 12.1. The van der Waals surface area contributed by atoms with E-state index in [4.69, 9.17) is 23.2 Å². The van der Waals surface area contributed by atoms with Gasteiger partial charge in [-0.05, 0) is 24.6 Å². The molecule has 2 heterocycles. The first-order valence-electron chi connectivity index (χ1n) is 8.82. The highest BCUT2D eigenvalue weighted by Gasteiger charge is 2.34. The molecule has 1 N–H and O–H groups in total. The number of rotatable bonds is 5. The molecule has 10 heteroatoms. The van der Waals surface area contributed by atoms with Gasteiger partial charge in [0.1, 0.15) is 0 Å². The second-order valence-electron chi connectivity index (χ2n) is 7.00. The fraction of sp³-hybridized carbons (Fsp3) is 0.444. The van der Waals surface area contributed by atoms with Crippen LogP contribution in [0.15, 0.2) is 30.6 Å². The summed E-state index contributed by atoms with van der Waals surface area (Å²) in [6, 6.07) is 4.44. The number of carbonyl (C=O) groups excluding carboxylic acids is 1. The molecule has 0 aliphatic carbocycles. The number of carbonyl (C=O) groups is 1. The number of hydrogen-bond acceptors (Lipinski definition) is 5. The molecule has 0 unspecified atom stereocenters. The van der Waals surface area contributed by atoms with E-state index in [9.17, 15) is 13.2 Å². The second kappa shape index (κ2) is 8.41. The zero-order valence-corrected chi connectivity index (χ0v) is 17.9. The van der Waals surface area contributed by atoms with Gasteiger partial charge >= 0.3 is 0 Å². The molecular formula is C18H22Cl2N4O3S. The van der Waals surface area contributed by atoms with Crippen LogP contribution in [0.5, 0.6) is 0 Å². The first kappa shape index (κ1) is 21.1. The van der Waals surface area contributed by atoms with Crippen molar-refractivity contribution < 1.29 is 13.2 Å². The van der Waals surface area contributed by atoms with Gasteiger partial charge in [0.05, 0.1) is 36.3 Å². The molecule has 1 amide bonds. The summed E-state index contributed by atoms with van der Waals surface area (Å²) in [4.78, 5) is 14.5. The number of benzene rings is 1. The van der Waals surface area contributed by atoms with Crippen LogP contribution in [-0.4, -0.2) is 53.6 Å². The van der Waals surface area contributed by atoms with E-state index in [0.29, 0.717) is 16.6 Å². The summed E-state index contributed by atoms with van der Waals surface area (Å²) in [7, 11) is -1.38. The number of nitrogens with one attached hydrogen (secondary N) is 1. The van der Waals surface area contributed by atoms with Crippen molar-refractivity contribution in [1.29, 1.82) is 0 Å². The van der Waals surface area contributed by atoms with Gasteiger partial charge in [0, 0.05) is 35.4 Å². The minimum Gasteiger partial charge on any atom is -0.348 e. The zero-order chi connectivity index (χ0) is 20.5. The van der Waals surface area contributed by atoms with Crippen molar-refractivity contribution in [3.8, 4) is 0 Å². The Balaban J connectivity index is 1.70. The Labute approximate surface area is 174 Å². The van der Waals surface area contributed by atoms with Gasteiger partial charge in [-0.25, -0.2) is 8.42 Å². The standard InChI is InChI=1S/C18H22Cl2N4O3S/c1-12(15-4-3-14(19)7-16(15)20)22-18(25)10-24-5-6-28(26,27)11-17(24)13-8-21-23(2)9-13/h3-4,7-9,12,17H,5-6,10-11H2,1-2H3,(H,22,25)/t12-,17-/m0/s1. The number of sulfone groups is 1. The van der Waals surface area contributed by atoms with E-state index in [-0.39, 0.29) is 30.0 Å². The third-order valence-corrected chi connectivity index (χ3v) is 7.00. The van der Waals surface area contributed by atoms with E-state index in [1.807, 2.05) is 11.8 Å². The normalized spacial score (nSPS) is 20.6. The van der Waals surface area contributed by atoms with Crippen molar-refractivity contribution in [2.45, 2.75) is 19.0 Å². The first-order chi connectivity index (χ1) is 13.1. The monoisotopic (exact) mass is 444 g/mol. The smallest absolute Gasteiger partial charge is 0.234 e. The van der Waals surface area contributed by atoms with Gasteiger partial charge in [-0.1, -0.05) is 29.3 Å². The predicted molar refractivity (Wildman–Crippen MR) is 109 cm³/mol. The topological polar surface area (TPSA) is 84.3 Å². The molecule has 152 valence electrons. The Kier molecular flexibility index (Phi) is 6.34. The van der Waals surface area contributed by atoms with Crippen molar-refractivity contribution in [2.75, 3.05) is 24.6 Å². The maximum atomic E-state index is 12.6. The number of amides is 1. The molecule has 1 aromatic carbocycles. The van der Waals surface area contributed by atoms with Crippen LogP contribution in [0, 0.1) is 0 Å². The van der Waals surface area contributed by atoms with Gasteiger partial charge < -0.3 is 5.32 Å². The molecule has 28 heavy (non-hydrogen) atoms. The van der Waals surface area contributed by atoms with E-state index in [1.165, 1.54) is 0 Å². The van der Waals surface area contributed by atoms with E-state index < -0.39 is 15.9 Å². The molecule has 1 aliphatic heterocycles. The third-order valence-electron chi connectivity index (χ3n) is 4.80. The molecule has 2 atom stereocenters. The van der Waals surface area contributed by atoms with Gasteiger partial charge in [0.2, 0.25) is 5.91 Å². The van der Waals surface area contributed by atoms with Crippen molar-refractivity contribution in [3.05, 3.63) is 51.8 Å². The summed E-state index contributed by atoms with van der Waals surface area (Å²) in [5.74, 6) is -0.188. The van der Waals surface area contributed by atoms with Gasteiger partial charge in [-0.3, -0.25) is 14.4 Å². The van der Waals surface area contributed by atoms with Crippen LogP contribution in [-0.2, 0) is 21.7 Å². The quantitative estimate of drug-likeness (QED) is 0.764. The Morgan fingerprint density at radius 1 is 1.39 bits per heavy atom. The SMILES string of the molecule is C[C@H](NC(=O)CN1CCS(=O)(=O)C[C@H]1c1cnn(C)c1)c1ccc(Cl)cc1Cl. The van der Waals surface area contributed by atoms with Crippen LogP contribution in [0.25, 0.3) is 0 Å². The molecular weight excluding hydrogens is 423 g/mol. The second-order valence-corrected chi connectivity index (χ2v) is 10.1. The first-order valence-corrected chi connectivity index (χ1v) is 11.4. The number of aryl methyl sites for hydroxylation is 1. The van der Waals surface area contributed by atoms with Crippen LogP contribution >= 0.6 is 23.2 Å². The fourth-order valence-corrected chi connectivity index (χ4v) is 5.49. The highest BCUT2D eigenvalue weighted by Crippen LogP contribution is 2.28. The lowest BCUT2D eigenvalue weighted by molar-refractivity contribution is -0.123. The predicted octanol–water partition coefficient (Wildman–Crippen LogP) is 2.38. The molecule has 0 spiro atoms. The zero-order valence-electron chi connectivity index (χ0n) is 15.6. The molecule has 7 nitrogen and oxygen atoms in total. The minimum absolute atomic E-state index is 0.0233. The number of hydrogen-bond donors (Lipinski definition) is 1. The van der Waals surface area contributed by atoms with Crippen LogP contribution < -0.4 is 5.32 Å². The van der Waals surface area contributed by atoms with Crippen molar-refractivity contribution in [3.63, 3.8) is 0 Å². The molecule has 1 saturated heterocycles. The van der Waals surface area contributed by atoms with Gasteiger partial charge in [-0.15, -0.1) is 0 Å². The minimum atomic E-state index is -3.16. The Morgan fingerprint density at radius 3 is 2.79 bits per heavy atom. The summed E-state index contributed by atoms with van der Waals surface area (Å²) in [5, 5.41) is 8.06. The van der Waals surface area contributed by atoms with E-state index in [2.05, 4.69) is 10.4 Å². The van der Waals surface area contributed by atoms with Crippen LogP contribution in [0.4, 0.5) is 0 Å². The number of aromatic nitrogens is 2. The van der Waals surface area contributed by atoms with Crippen LogP contribution in [0.2, 0.25) is 10.0 Å². The summed E-state index contributed by atoms with van der Waals surface area (Å²) in [6.07, 6.45) is 3.43. The van der Waals surface area contributed by atoms with E-state index >= 15 is 0 Å². The summed E-state index contributed by atoms with van der Waals surface area (Å²) < 4.78 is 25.9. The van der Waals surface area contributed by atoms with Gasteiger partial charge in [0.15, 0.2) is 9.84 Å². The van der Waals surface area contributed by atoms with Crippen molar-refractivity contribution in [1.82, 2.24) is 20.0 Å². The van der Waals surface area contributed by atoms with Crippen LogP contribution in [0.3, 0.4) is 0 Å². The molecule has 1 fully saturated rings. The lowest BCUT2D eigenvalue weighted by atomic mass is 10.1. The van der Waals surface area contributed by atoms with Crippen LogP contribution in [0.1, 0.15) is 30.1 Å². The lowest BCUT2D eigenvalue weighted by Gasteiger charge is -2.34. The number of nitrogens with zero attached hydrogens (tertiary/aromatic N) is 3. The maximum Gasteiger partial charge on any atom is 0.234 e. The highest BCUT2D eigenvalue weighted by atomic mass is 35.5. The summed E-state index contributed by atoms with van der Waals surface area (Å²) in [6.45, 7) is 2.22. The van der Waals surface area contributed by atoms with E-state index in [1.54, 1.807) is 42.3 Å². The summed E-state index contributed by atoms with van der Waals surface area (Å²) in [5.41, 5.74) is 1.55. The average molecular weight is 445 g/mol. The van der Waals surface area contributed by atoms with E-state index in [0.717, 1.165) is 11.1 Å². The molecule has 0 saturated carbocycles. The highest BCUT2D eigenvalue weighted by molar-refractivity contribution is 7.91. The van der Waals surface area contributed by atoms with Crippen molar-refractivity contribution in [2.24, 2.45) is 7.05 Å². The molecule has 1 aromatic heterocycles. The van der Waals surface area contributed by atoms with Crippen molar-refractivity contribution >= 4 is 38.9 Å². The average Bonchev–Trinajstić information content (AvgIpc) is 3.02. The fourth-order valence-electron chi connectivity index (χ4n) is 3.35. The third kappa shape index (κ3) is 5.05. The lowest BCUT2D eigenvalue weighted by Crippen LogP contribution is -2.47. The largest absolute Gasteiger partial charge is 0.348 e. The Morgan fingerprint density at radius 2 is 2.14 bits per heavy atom. The Hall–Kier alpha value is -1.61. The molecule has 0 radical (unpaired) electrons. The number of halogens is 2. The van der Waals surface area contributed by atoms with Gasteiger partial charge in [-0.2, -0.15) is 5.10 Å². The molecule has 1 aliphatic rings. The maximum absolute atomic E-state index is 12.6. The molecule has 0 bridgehead atoms. The molecule has 3 rings (SSSR count). The molecule has 2 aromatic rings. The Bertz CT molecular complexity index is 977.